The van der Waals surface area contributed by atoms with E-state index >= 15 is 0 Å². The number of aromatic amines is 1. The van der Waals surface area contributed by atoms with Gasteiger partial charge in [0.15, 0.2) is 0 Å². The molecule has 6 nitrogen and oxygen atoms in total. The summed E-state index contributed by atoms with van der Waals surface area (Å²) in [6, 6.07) is 5.21. The molecule has 0 unspecified atom stereocenters. The molecule has 0 aliphatic carbocycles. The van der Waals surface area contributed by atoms with Crippen LogP contribution in [0.3, 0.4) is 0 Å². The molecule has 2 rings (SSSR count). The Hall–Kier alpha value is -1.66. The number of H-pyrrole nitrogens is 1. The number of hydrazone groups is 1. The molecule has 0 fully saturated rings. The second kappa shape index (κ2) is 4.91. The smallest absolute Gasteiger partial charge is 0.243 e. The van der Waals surface area contributed by atoms with Gasteiger partial charge in [0, 0.05) is 5.56 Å². The highest BCUT2D eigenvalue weighted by atomic mass is 35.5. The van der Waals surface area contributed by atoms with Gasteiger partial charge in [0.1, 0.15) is 0 Å². The van der Waals surface area contributed by atoms with Crippen LogP contribution < -0.4 is 5.43 Å². The van der Waals surface area contributed by atoms with Crippen LogP contribution >= 0.6 is 23.2 Å². The first kappa shape index (κ1) is 10.8. The SMILES string of the molecule is Clc1cccc(Cl)c1/C=N/Nc1nn[nH]n1. The summed E-state index contributed by atoms with van der Waals surface area (Å²) >= 11 is 11.9. The number of benzene rings is 1. The minimum atomic E-state index is 0.263. The molecule has 1 aromatic heterocycles. The van der Waals surface area contributed by atoms with Crippen molar-refractivity contribution in [1.29, 1.82) is 0 Å². The average Bonchev–Trinajstić information content (AvgIpc) is 2.75. The molecule has 2 N–H and O–H groups in total. The van der Waals surface area contributed by atoms with Gasteiger partial charge in [-0.2, -0.15) is 10.3 Å². The van der Waals surface area contributed by atoms with E-state index in [1.165, 1.54) is 6.21 Å². The Morgan fingerprint density at radius 1 is 1.31 bits per heavy atom. The van der Waals surface area contributed by atoms with Gasteiger partial charge in [-0.3, -0.25) is 0 Å². The summed E-state index contributed by atoms with van der Waals surface area (Å²) in [7, 11) is 0. The van der Waals surface area contributed by atoms with Crippen molar-refractivity contribution in [3.8, 4) is 0 Å². The van der Waals surface area contributed by atoms with Gasteiger partial charge in [0.25, 0.3) is 5.95 Å². The van der Waals surface area contributed by atoms with Gasteiger partial charge in [-0.15, -0.1) is 5.10 Å². The largest absolute Gasteiger partial charge is 0.283 e. The standard InChI is InChI=1S/C8H6Cl2N6/c9-6-2-1-3-7(10)5(6)4-11-12-8-13-15-16-14-8/h1-4H,(H2,12,13,14,15,16)/b11-4+. The van der Waals surface area contributed by atoms with Gasteiger partial charge in [-0.05, 0) is 17.3 Å². The molecular formula is C8H6Cl2N6. The number of aromatic nitrogens is 4. The van der Waals surface area contributed by atoms with E-state index in [0.717, 1.165) is 0 Å². The molecule has 1 heterocycles. The first-order valence-electron chi connectivity index (χ1n) is 4.24. The average molecular weight is 257 g/mol. The Balaban J connectivity index is 2.12. The third-order valence-corrected chi connectivity index (χ3v) is 2.36. The molecular weight excluding hydrogens is 251 g/mol. The van der Waals surface area contributed by atoms with Crippen LogP contribution in [0.25, 0.3) is 0 Å². The van der Waals surface area contributed by atoms with Crippen LogP contribution in [0.15, 0.2) is 23.3 Å². The molecule has 8 heteroatoms. The minimum Gasteiger partial charge on any atom is -0.243 e. The number of hydrogen-bond acceptors (Lipinski definition) is 5. The summed E-state index contributed by atoms with van der Waals surface area (Å²) in [5, 5.41) is 17.9. The van der Waals surface area contributed by atoms with Crippen molar-refractivity contribution >= 4 is 35.4 Å². The lowest BCUT2D eigenvalue weighted by Crippen LogP contribution is -1.93. The van der Waals surface area contributed by atoms with Crippen LogP contribution in [0.5, 0.6) is 0 Å². The summed E-state index contributed by atoms with van der Waals surface area (Å²) in [5.74, 6) is 0.263. The van der Waals surface area contributed by atoms with E-state index in [0.29, 0.717) is 15.6 Å². The molecule has 0 saturated carbocycles. The molecule has 0 bridgehead atoms. The van der Waals surface area contributed by atoms with E-state index in [-0.39, 0.29) is 5.95 Å². The molecule has 2 aromatic rings. The highest BCUT2D eigenvalue weighted by molar-refractivity contribution is 6.38. The fourth-order valence-electron chi connectivity index (χ4n) is 0.998. The Bertz CT molecular complexity index is 475. The van der Waals surface area contributed by atoms with Crippen molar-refractivity contribution in [2.45, 2.75) is 0 Å². The van der Waals surface area contributed by atoms with Crippen LogP contribution in [0, 0.1) is 0 Å². The lowest BCUT2D eigenvalue weighted by atomic mass is 10.2. The van der Waals surface area contributed by atoms with Gasteiger partial charge in [-0.1, -0.05) is 34.4 Å². The summed E-state index contributed by atoms with van der Waals surface area (Å²) in [6.45, 7) is 0. The second-order valence-corrected chi connectivity index (χ2v) is 3.56. The predicted octanol–water partition coefficient (Wildman–Crippen LogP) is 1.95. The van der Waals surface area contributed by atoms with E-state index in [1.54, 1.807) is 18.2 Å². The lowest BCUT2D eigenvalue weighted by molar-refractivity contribution is 0.881. The van der Waals surface area contributed by atoms with Crippen LogP contribution in [0.4, 0.5) is 5.95 Å². The fourth-order valence-corrected chi connectivity index (χ4v) is 1.49. The number of nitrogens with one attached hydrogen (secondary N) is 2. The van der Waals surface area contributed by atoms with Crippen molar-refractivity contribution in [2.75, 3.05) is 5.43 Å². The first-order valence-corrected chi connectivity index (χ1v) is 4.99. The van der Waals surface area contributed by atoms with Crippen molar-refractivity contribution in [3.05, 3.63) is 33.8 Å². The molecule has 0 amide bonds. The van der Waals surface area contributed by atoms with Gasteiger partial charge < -0.3 is 0 Å². The number of anilines is 1. The zero-order valence-corrected chi connectivity index (χ0v) is 9.37. The van der Waals surface area contributed by atoms with E-state index < -0.39 is 0 Å². The highest BCUT2D eigenvalue weighted by Gasteiger charge is 2.01. The van der Waals surface area contributed by atoms with Crippen molar-refractivity contribution in [1.82, 2.24) is 20.6 Å². The number of nitrogens with zero attached hydrogens (tertiary/aromatic N) is 4. The zero-order chi connectivity index (χ0) is 11.4. The lowest BCUT2D eigenvalue weighted by Gasteiger charge is -1.99. The van der Waals surface area contributed by atoms with Crippen LogP contribution in [-0.4, -0.2) is 26.8 Å². The molecule has 0 atom stereocenters. The van der Waals surface area contributed by atoms with Crippen molar-refractivity contribution in [3.63, 3.8) is 0 Å². The second-order valence-electron chi connectivity index (χ2n) is 2.74. The fraction of sp³-hybridized carbons (Fsp3) is 0. The van der Waals surface area contributed by atoms with Crippen molar-refractivity contribution in [2.24, 2.45) is 5.10 Å². The molecule has 0 saturated heterocycles. The number of hydrogen-bond donors (Lipinski definition) is 2. The maximum absolute atomic E-state index is 5.94. The van der Waals surface area contributed by atoms with Crippen LogP contribution in [0.2, 0.25) is 10.0 Å². The molecule has 1 aromatic carbocycles. The topological polar surface area (TPSA) is 78.9 Å². The normalized spacial score (nSPS) is 10.9. The summed E-state index contributed by atoms with van der Waals surface area (Å²) in [5.41, 5.74) is 3.19. The number of tetrazole rings is 1. The molecule has 16 heavy (non-hydrogen) atoms. The summed E-state index contributed by atoms with van der Waals surface area (Å²) in [4.78, 5) is 0. The third kappa shape index (κ3) is 2.47. The Morgan fingerprint density at radius 3 is 2.69 bits per heavy atom. The van der Waals surface area contributed by atoms with Gasteiger partial charge in [0.2, 0.25) is 0 Å². The number of rotatable bonds is 3. The predicted molar refractivity (Wildman–Crippen MR) is 61.9 cm³/mol. The minimum absolute atomic E-state index is 0.263. The van der Waals surface area contributed by atoms with Crippen molar-refractivity contribution < 1.29 is 0 Å². The molecule has 0 aliphatic rings. The zero-order valence-electron chi connectivity index (χ0n) is 7.85. The van der Waals surface area contributed by atoms with E-state index in [9.17, 15) is 0 Å². The van der Waals surface area contributed by atoms with Gasteiger partial charge >= 0.3 is 0 Å². The Labute approximate surface area is 101 Å². The van der Waals surface area contributed by atoms with Crippen LogP contribution in [-0.2, 0) is 0 Å². The Kier molecular flexibility index (Phi) is 3.33. The quantitative estimate of drug-likeness (QED) is 0.650. The van der Waals surface area contributed by atoms with Gasteiger partial charge in [-0.25, -0.2) is 5.43 Å². The number of halogens is 2. The maximum Gasteiger partial charge on any atom is 0.283 e. The molecule has 0 aliphatic heterocycles. The maximum atomic E-state index is 5.94. The van der Waals surface area contributed by atoms with E-state index in [4.69, 9.17) is 23.2 Å². The monoisotopic (exact) mass is 256 g/mol. The highest BCUT2D eigenvalue weighted by Crippen LogP contribution is 2.22. The molecule has 0 radical (unpaired) electrons. The van der Waals surface area contributed by atoms with Gasteiger partial charge in [0.05, 0.1) is 16.3 Å². The summed E-state index contributed by atoms with van der Waals surface area (Å²) < 4.78 is 0. The van der Waals surface area contributed by atoms with Crippen LogP contribution in [0.1, 0.15) is 5.56 Å². The van der Waals surface area contributed by atoms with E-state index in [2.05, 4.69) is 31.2 Å². The van der Waals surface area contributed by atoms with E-state index in [1.807, 2.05) is 0 Å². The third-order valence-electron chi connectivity index (χ3n) is 1.70. The first-order chi connectivity index (χ1) is 7.77. The molecule has 82 valence electrons. The summed E-state index contributed by atoms with van der Waals surface area (Å²) in [6.07, 6.45) is 1.49. The Morgan fingerprint density at radius 2 is 2.06 bits per heavy atom. The molecule has 0 spiro atoms.